The second-order valence-electron chi connectivity index (χ2n) is 5.39. The van der Waals surface area contributed by atoms with Crippen LogP contribution in [0.3, 0.4) is 0 Å². The largest absolute Gasteiger partial charge is 0.497 e. The van der Waals surface area contributed by atoms with E-state index in [4.69, 9.17) is 9.84 Å². The summed E-state index contributed by atoms with van der Waals surface area (Å²) in [6.07, 6.45) is 0.799. The summed E-state index contributed by atoms with van der Waals surface area (Å²) in [6, 6.07) is 22.8. The third-order valence-electron chi connectivity index (χ3n) is 3.91. The molecule has 0 saturated heterocycles. The van der Waals surface area contributed by atoms with E-state index in [2.05, 4.69) is 48.5 Å². The Morgan fingerprint density at radius 3 is 2.77 bits per heavy atom. The summed E-state index contributed by atoms with van der Waals surface area (Å²) in [4.78, 5) is 0. The van der Waals surface area contributed by atoms with Gasteiger partial charge in [0.25, 0.3) is 0 Å². The van der Waals surface area contributed by atoms with Crippen LogP contribution in [-0.2, 0) is 6.42 Å². The maximum absolute atomic E-state index is 5.28. The number of para-hydroxylation sites is 1. The summed E-state index contributed by atoms with van der Waals surface area (Å²) in [7, 11) is 1.69. The molecule has 0 N–H and O–H groups in total. The lowest BCUT2D eigenvalue weighted by molar-refractivity contribution is 0.414. The van der Waals surface area contributed by atoms with Gasteiger partial charge in [-0.1, -0.05) is 36.4 Å². The van der Waals surface area contributed by atoms with E-state index in [1.165, 1.54) is 10.9 Å². The minimum Gasteiger partial charge on any atom is -0.497 e. The molecule has 0 aliphatic rings. The molecule has 2 aromatic carbocycles. The second-order valence-corrected chi connectivity index (χ2v) is 5.39. The Morgan fingerprint density at radius 2 is 1.86 bits per heavy atom. The van der Waals surface area contributed by atoms with Crippen LogP contribution in [0, 0.1) is 0 Å². The predicted octanol–water partition coefficient (Wildman–Crippen LogP) is 4.09. The molecule has 0 bridgehead atoms. The zero-order chi connectivity index (χ0) is 14.9. The van der Waals surface area contributed by atoms with Gasteiger partial charge in [-0.15, -0.1) is 0 Å². The van der Waals surface area contributed by atoms with E-state index < -0.39 is 0 Å². The number of aromatic nitrogens is 2. The molecule has 4 aromatic rings. The zero-order valence-corrected chi connectivity index (χ0v) is 12.4. The molecule has 0 unspecified atom stereocenters. The van der Waals surface area contributed by atoms with Gasteiger partial charge in [0.15, 0.2) is 0 Å². The van der Waals surface area contributed by atoms with Gasteiger partial charge in [0.05, 0.1) is 23.8 Å². The number of rotatable bonds is 3. The van der Waals surface area contributed by atoms with E-state index in [0.717, 1.165) is 28.9 Å². The first-order chi connectivity index (χ1) is 10.8. The molecule has 0 fully saturated rings. The lowest BCUT2D eigenvalue weighted by atomic mass is 10.1. The quantitative estimate of drug-likeness (QED) is 0.567. The number of nitrogens with zero attached hydrogens (tertiary/aromatic N) is 2. The summed E-state index contributed by atoms with van der Waals surface area (Å²) < 4.78 is 7.30. The molecule has 0 aliphatic carbocycles. The van der Waals surface area contributed by atoms with E-state index in [9.17, 15) is 0 Å². The van der Waals surface area contributed by atoms with Gasteiger partial charge in [-0.2, -0.15) is 5.10 Å². The average molecular weight is 288 g/mol. The second kappa shape index (κ2) is 5.19. The highest BCUT2D eigenvalue weighted by Gasteiger charge is 2.06. The van der Waals surface area contributed by atoms with Crippen molar-refractivity contribution in [2.45, 2.75) is 6.42 Å². The summed E-state index contributed by atoms with van der Waals surface area (Å²) in [6.45, 7) is 0. The summed E-state index contributed by atoms with van der Waals surface area (Å²) in [5.74, 6) is 0.881. The number of hydrogen-bond acceptors (Lipinski definition) is 2. The van der Waals surface area contributed by atoms with Crippen molar-refractivity contribution in [3.63, 3.8) is 0 Å². The molecule has 0 aliphatic heterocycles. The van der Waals surface area contributed by atoms with Crippen LogP contribution in [0.25, 0.3) is 16.4 Å². The van der Waals surface area contributed by atoms with E-state index in [0.29, 0.717) is 0 Å². The molecule has 4 rings (SSSR count). The molecule has 3 nitrogen and oxygen atoms in total. The molecule has 2 aromatic heterocycles. The molecule has 0 amide bonds. The smallest absolute Gasteiger partial charge is 0.119 e. The zero-order valence-electron chi connectivity index (χ0n) is 12.4. The van der Waals surface area contributed by atoms with Gasteiger partial charge < -0.3 is 4.74 Å². The van der Waals surface area contributed by atoms with Crippen LogP contribution in [0.1, 0.15) is 11.3 Å². The molecular formula is C19H16N2O. The van der Waals surface area contributed by atoms with Gasteiger partial charge in [-0.3, -0.25) is 0 Å². The predicted molar refractivity (Wildman–Crippen MR) is 88.5 cm³/mol. The lowest BCUT2D eigenvalue weighted by Crippen LogP contribution is -1.93. The summed E-state index contributed by atoms with van der Waals surface area (Å²) in [5, 5.41) is 5.97. The van der Waals surface area contributed by atoms with Gasteiger partial charge in [-0.05, 0) is 35.9 Å². The Balaban J connectivity index is 1.77. The van der Waals surface area contributed by atoms with Crippen molar-refractivity contribution in [2.24, 2.45) is 0 Å². The van der Waals surface area contributed by atoms with Gasteiger partial charge in [0.1, 0.15) is 5.75 Å². The molecule has 0 radical (unpaired) electrons. The maximum atomic E-state index is 5.28. The first kappa shape index (κ1) is 12.9. The number of ether oxygens (including phenoxy) is 1. The third-order valence-corrected chi connectivity index (χ3v) is 3.91. The monoisotopic (exact) mass is 288 g/mol. The van der Waals surface area contributed by atoms with E-state index >= 15 is 0 Å². The lowest BCUT2D eigenvalue weighted by Gasteiger charge is -2.02. The highest BCUT2D eigenvalue weighted by Crippen LogP contribution is 2.20. The minimum absolute atomic E-state index is 0.799. The summed E-state index contributed by atoms with van der Waals surface area (Å²) >= 11 is 0. The fraction of sp³-hybridized carbons (Fsp3) is 0.105. The van der Waals surface area contributed by atoms with Crippen LogP contribution in [0.4, 0.5) is 0 Å². The topological polar surface area (TPSA) is 26.5 Å². The normalized spacial score (nSPS) is 11.1. The van der Waals surface area contributed by atoms with Crippen LogP contribution in [0.15, 0.2) is 66.7 Å². The Morgan fingerprint density at radius 1 is 0.955 bits per heavy atom. The fourth-order valence-corrected chi connectivity index (χ4v) is 2.83. The van der Waals surface area contributed by atoms with Crippen molar-refractivity contribution >= 4 is 16.4 Å². The first-order valence-electron chi connectivity index (χ1n) is 7.33. The van der Waals surface area contributed by atoms with Crippen LogP contribution < -0.4 is 4.74 Å². The molecule has 22 heavy (non-hydrogen) atoms. The minimum atomic E-state index is 0.799. The van der Waals surface area contributed by atoms with Crippen molar-refractivity contribution in [3.05, 3.63) is 78.0 Å². The SMILES string of the molecule is COc1cccc(Cc2cc3ccc4ccccc4n3n2)c1. The number of methoxy groups -OCH3 is 1. The van der Waals surface area contributed by atoms with Crippen LogP contribution in [-0.4, -0.2) is 16.7 Å². The molecule has 0 saturated carbocycles. The molecular weight excluding hydrogens is 272 g/mol. The summed E-state index contributed by atoms with van der Waals surface area (Å²) in [5.41, 5.74) is 4.52. The Hall–Kier alpha value is -2.81. The molecule has 2 heterocycles. The van der Waals surface area contributed by atoms with Crippen LogP contribution >= 0.6 is 0 Å². The van der Waals surface area contributed by atoms with Gasteiger partial charge in [0, 0.05) is 11.8 Å². The number of hydrogen-bond donors (Lipinski definition) is 0. The van der Waals surface area contributed by atoms with Gasteiger partial charge in [0.2, 0.25) is 0 Å². The van der Waals surface area contributed by atoms with Gasteiger partial charge in [-0.25, -0.2) is 4.52 Å². The van der Waals surface area contributed by atoms with E-state index in [-0.39, 0.29) is 0 Å². The molecule has 0 atom stereocenters. The van der Waals surface area contributed by atoms with E-state index in [1.54, 1.807) is 7.11 Å². The maximum Gasteiger partial charge on any atom is 0.119 e. The Labute approximate surface area is 128 Å². The molecule has 3 heteroatoms. The van der Waals surface area contributed by atoms with Crippen molar-refractivity contribution in [2.75, 3.05) is 7.11 Å². The van der Waals surface area contributed by atoms with E-state index in [1.807, 2.05) is 22.7 Å². The number of fused-ring (bicyclic) bond motifs is 3. The van der Waals surface area contributed by atoms with Crippen molar-refractivity contribution in [3.8, 4) is 5.75 Å². The van der Waals surface area contributed by atoms with Crippen LogP contribution in [0.2, 0.25) is 0 Å². The third kappa shape index (κ3) is 2.21. The highest BCUT2D eigenvalue weighted by atomic mass is 16.5. The van der Waals surface area contributed by atoms with Crippen molar-refractivity contribution in [1.29, 1.82) is 0 Å². The number of pyridine rings is 1. The Kier molecular flexibility index (Phi) is 3.04. The number of benzene rings is 2. The fourth-order valence-electron chi connectivity index (χ4n) is 2.83. The highest BCUT2D eigenvalue weighted by molar-refractivity contribution is 5.82. The van der Waals surface area contributed by atoms with Crippen molar-refractivity contribution in [1.82, 2.24) is 9.61 Å². The standard InChI is InChI=1S/C19H16N2O/c1-22-18-7-4-5-14(12-18)11-16-13-17-10-9-15-6-2-3-8-19(15)21(17)20-16/h2-10,12-13H,11H2,1H3. The molecule has 0 spiro atoms. The molecule has 108 valence electrons. The van der Waals surface area contributed by atoms with Crippen molar-refractivity contribution < 1.29 is 4.74 Å². The Bertz CT molecular complexity index is 956. The van der Waals surface area contributed by atoms with Crippen LogP contribution in [0.5, 0.6) is 5.75 Å². The average Bonchev–Trinajstić information content (AvgIpc) is 2.98. The van der Waals surface area contributed by atoms with Gasteiger partial charge >= 0.3 is 0 Å². The first-order valence-corrected chi connectivity index (χ1v) is 7.33.